The number of rotatable bonds is 5. The second-order valence-electron chi connectivity index (χ2n) is 6.23. The smallest absolute Gasteiger partial charge is 0.273 e. The Balaban J connectivity index is 1.53. The molecule has 0 saturated carbocycles. The predicted molar refractivity (Wildman–Crippen MR) is 93.6 cm³/mol. The van der Waals surface area contributed by atoms with E-state index < -0.39 is 0 Å². The molecule has 2 aromatic rings. The predicted octanol–water partition coefficient (Wildman–Crippen LogP) is 2.88. The minimum Gasteiger partial charge on any atom is -0.337 e. The highest BCUT2D eigenvalue weighted by atomic mass is 32.1. The molecule has 1 aliphatic rings. The van der Waals surface area contributed by atoms with Crippen LogP contribution in [0.5, 0.6) is 0 Å². The van der Waals surface area contributed by atoms with Gasteiger partial charge in [-0.3, -0.25) is 4.79 Å². The number of hydrogen-bond donors (Lipinski definition) is 1. The summed E-state index contributed by atoms with van der Waals surface area (Å²) in [5.41, 5.74) is 7.09. The van der Waals surface area contributed by atoms with Crippen molar-refractivity contribution in [2.24, 2.45) is 11.7 Å². The molecule has 3 rings (SSSR count). The van der Waals surface area contributed by atoms with Crippen LogP contribution in [0.15, 0.2) is 29.6 Å². The van der Waals surface area contributed by atoms with Crippen LogP contribution in [0.1, 0.15) is 33.9 Å². The molecule has 1 aromatic carbocycles. The lowest BCUT2D eigenvalue weighted by molar-refractivity contribution is 0.0685. The summed E-state index contributed by atoms with van der Waals surface area (Å²) in [5.74, 6) is 0.328. The SMILES string of the molecule is NCCc1nc(C(=O)N2CCC(Cc3cccc(F)c3)CC2)cs1. The number of thiazole rings is 1. The van der Waals surface area contributed by atoms with Gasteiger partial charge in [-0.1, -0.05) is 12.1 Å². The molecule has 0 spiro atoms. The van der Waals surface area contributed by atoms with Crippen molar-refractivity contribution in [3.05, 3.63) is 51.7 Å². The standard InChI is InChI=1S/C18H22FN3OS/c19-15-3-1-2-14(11-15)10-13-5-8-22(9-6-13)18(23)16-12-24-17(21-16)4-7-20/h1-3,11-13H,4-10,20H2. The van der Waals surface area contributed by atoms with Gasteiger partial charge in [0.1, 0.15) is 11.5 Å². The van der Waals surface area contributed by atoms with Gasteiger partial charge < -0.3 is 10.6 Å². The molecule has 0 bridgehead atoms. The van der Waals surface area contributed by atoms with Crippen LogP contribution in [0, 0.1) is 11.7 Å². The number of nitrogens with zero attached hydrogens (tertiary/aromatic N) is 2. The fourth-order valence-electron chi connectivity index (χ4n) is 3.15. The lowest BCUT2D eigenvalue weighted by Gasteiger charge is -2.31. The fraction of sp³-hybridized carbons (Fsp3) is 0.444. The van der Waals surface area contributed by atoms with Gasteiger partial charge in [0.25, 0.3) is 5.91 Å². The lowest BCUT2D eigenvalue weighted by atomic mass is 9.90. The summed E-state index contributed by atoms with van der Waals surface area (Å²) in [7, 11) is 0. The van der Waals surface area contributed by atoms with Gasteiger partial charge in [0.15, 0.2) is 0 Å². The highest BCUT2D eigenvalue weighted by Gasteiger charge is 2.25. The van der Waals surface area contributed by atoms with E-state index in [9.17, 15) is 9.18 Å². The Morgan fingerprint density at radius 2 is 2.17 bits per heavy atom. The number of piperidine rings is 1. The van der Waals surface area contributed by atoms with Crippen LogP contribution in [0.25, 0.3) is 0 Å². The number of hydrogen-bond acceptors (Lipinski definition) is 4. The van der Waals surface area contributed by atoms with E-state index in [1.165, 1.54) is 17.4 Å². The molecule has 1 amide bonds. The topological polar surface area (TPSA) is 59.2 Å². The van der Waals surface area contributed by atoms with Gasteiger partial charge in [-0.15, -0.1) is 11.3 Å². The molecule has 24 heavy (non-hydrogen) atoms. The number of likely N-dealkylation sites (tertiary alicyclic amines) is 1. The first-order valence-corrected chi connectivity index (χ1v) is 9.22. The van der Waals surface area contributed by atoms with E-state index in [0.29, 0.717) is 24.6 Å². The van der Waals surface area contributed by atoms with Gasteiger partial charge in [-0.2, -0.15) is 0 Å². The molecule has 2 N–H and O–H groups in total. The number of carbonyl (C=O) groups is 1. The van der Waals surface area contributed by atoms with Crippen LogP contribution in [-0.4, -0.2) is 35.4 Å². The molecule has 1 aromatic heterocycles. The Labute approximate surface area is 145 Å². The monoisotopic (exact) mass is 347 g/mol. The second-order valence-corrected chi connectivity index (χ2v) is 7.18. The number of benzene rings is 1. The third-order valence-corrected chi connectivity index (χ3v) is 5.35. The van der Waals surface area contributed by atoms with Gasteiger partial charge in [-0.05, 0) is 49.4 Å². The van der Waals surface area contributed by atoms with Gasteiger partial charge in [0.2, 0.25) is 0 Å². The molecule has 0 unspecified atom stereocenters. The van der Waals surface area contributed by atoms with Gasteiger partial charge in [0.05, 0.1) is 5.01 Å². The van der Waals surface area contributed by atoms with Gasteiger partial charge in [0, 0.05) is 24.9 Å². The number of amides is 1. The summed E-state index contributed by atoms with van der Waals surface area (Å²) in [5, 5.41) is 2.74. The van der Waals surface area contributed by atoms with Crippen LogP contribution in [0.2, 0.25) is 0 Å². The molecule has 4 nitrogen and oxygen atoms in total. The number of halogens is 1. The molecule has 1 fully saturated rings. The highest BCUT2D eigenvalue weighted by molar-refractivity contribution is 7.09. The van der Waals surface area contributed by atoms with E-state index in [1.54, 1.807) is 12.1 Å². The lowest BCUT2D eigenvalue weighted by Crippen LogP contribution is -2.39. The Kier molecular flexibility index (Phi) is 5.58. The summed E-state index contributed by atoms with van der Waals surface area (Å²) in [6.45, 7) is 2.03. The van der Waals surface area contributed by atoms with Gasteiger partial charge in [-0.25, -0.2) is 9.37 Å². The minimum atomic E-state index is -0.183. The Morgan fingerprint density at radius 1 is 1.38 bits per heavy atom. The normalized spacial score (nSPS) is 15.7. The first-order chi connectivity index (χ1) is 11.7. The van der Waals surface area contributed by atoms with Crippen molar-refractivity contribution in [1.29, 1.82) is 0 Å². The average molecular weight is 347 g/mol. The van der Waals surface area contributed by atoms with E-state index in [1.807, 2.05) is 16.3 Å². The largest absolute Gasteiger partial charge is 0.337 e. The highest BCUT2D eigenvalue weighted by Crippen LogP contribution is 2.23. The Bertz CT molecular complexity index is 695. The quantitative estimate of drug-likeness (QED) is 0.905. The van der Waals surface area contributed by atoms with Crippen LogP contribution in [-0.2, 0) is 12.8 Å². The maximum atomic E-state index is 13.3. The molecule has 0 aliphatic carbocycles. The molecule has 1 saturated heterocycles. The maximum absolute atomic E-state index is 13.3. The maximum Gasteiger partial charge on any atom is 0.273 e. The zero-order valence-corrected chi connectivity index (χ0v) is 14.4. The molecule has 128 valence electrons. The molecular formula is C18H22FN3OS. The average Bonchev–Trinajstić information content (AvgIpc) is 3.04. The summed E-state index contributed by atoms with van der Waals surface area (Å²) in [6, 6.07) is 6.79. The first-order valence-electron chi connectivity index (χ1n) is 8.34. The minimum absolute atomic E-state index is 0.0127. The van der Waals surface area contributed by atoms with Crippen molar-refractivity contribution in [3.8, 4) is 0 Å². The van der Waals surface area contributed by atoms with Crippen LogP contribution >= 0.6 is 11.3 Å². The van der Waals surface area contributed by atoms with Crippen molar-refractivity contribution >= 4 is 17.2 Å². The summed E-state index contributed by atoms with van der Waals surface area (Å²) in [6.07, 6.45) is 3.48. The van der Waals surface area contributed by atoms with E-state index in [2.05, 4.69) is 4.98 Å². The molecule has 2 heterocycles. The van der Waals surface area contributed by atoms with Crippen LogP contribution in [0.4, 0.5) is 4.39 Å². The molecular weight excluding hydrogens is 325 g/mol. The van der Waals surface area contributed by atoms with E-state index in [4.69, 9.17) is 5.73 Å². The van der Waals surface area contributed by atoms with Crippen LogP contribution in [0.3, 0.4) is 0 Å². The van der Waals surface area contributed by atoms with Crippen molar-refractivity contribution < 1.29 is 9.18 Å². The summed E-state index contributed by atoms with van der Waals surface area (Å²) in [4.78, 5) is 18.8. The van der Waals surface area contributed by atoms with Crippen molar-refractivity contribution in [2.75, 3.05) is 19.6 Å². The third kappa shape index (κ3) is 4.19. The molecule has 1 aliphatic heterocycles. The van der Waals surface area contributed by atoms with Crippen LogP contribution < -0.4 is 5.73 Å². The molecule has 0 radical (unpaired) electrons. The van der Waals surface area contributed by atoms with E-state index >= 15 is 0 Å². The summed E-state index contributed by atoms with van der Waals surface area (Å²) >= 11 is 1.50. The molecule has 6 heteroatoms. The second kappa shape index (κ2) is 7.85. The number of aromatic nitrogens is 1. The summed E-state index contributed by atoms with van der Waals surface area (Å²) < 4.78 is 13.3. The van der Waals surface area contributed by atoms with Crippen molar-refractivity contribution in [1.82, 2.24) is 9.88 Å². The number of carbonyl (C=O) groups excluding carboxylic acids is 1. The first kappa shape index (κ1) is 17.0. The zero-order chi connectivity index (χ0) is 16.9. The van der Waals surface area contributed by atoms with Crippen molar-refractivity contribution in [2.45, 2.75) is 25.7 Å². The van der Waals surface area contributed by atoms with Gasteiger partial charge >= 0.3 is 0 Å². The van der Waals surface area contributed by atoms with Crippen molar-refractivity contribution in [3.63, 3.8) is 0 Å². The third-order valence-electron chi connectivity index (χ3n) is 4.44. The Hall–Kier alpha value is -1.79. The Morgan fingerprint density at radius 3 is 2.88 bits per heavy atom. The number of nitrogens with two attached hydrogens (primary N) is 1. The van der Waals surface area contributed by atoms with E-state index in [-0.39, 0.29) is 11.7 Å². The van der Waals surface area contributed by atoms with E-state index in [0.717, 1.165) is 42.9 Å². The fourth-order valence-corrected chi connectivity index (χ4v) is 3.93. The zero-order valence-electron chi connectivity index (χ0n) is 13.6. The molecule has 0 atom stereocenters.